The zero-order chi connectivity index (χ0) is 22.6. The van der Waals surface area contributed by atoms with Crippen molar-refractivity contribution in [1.82, 2.24) is 19.6 Å². The highest BCUT2D eigenvalue weighted by Crippen LogP contribution is 2.25. The molecule has 2 aromatic rings. The summed E-state index contributed by atoms with van der Waals surface area (Å²) in [6.07, 6.45) is -0.542. The minimum Gasteiger partial charge on any atom is -0.475 e. The molecule has 2 aliphatic heterocycles. The normalized spacial score (nSPS) is 19.2. The Kier molecular flexibility index (Phi) is 7.04. The Morgan fingerprint density at radius 2 is 2.06 bits per heavy atom. The van der Waals surface area contributed by atoms with Gasteiger partial charge in [-0.15, -0.1) is 0 Å². The number of fused-ring (bicyclic) bond motifs is 1. The summed E-state index contributed by atoms with van der Waals surface area (Å²) in [7, 11) is 0. The Bertz CT molecular complexity index is 908. The minimum absolute atomic E-state index is 0.300. The molecule has 2 aromatic heterocycles. The monoisotopic (exact) mass is 442 g/mol. The van der Waals surface area contributed by atoms with E-state index in [2.05, 4.69) is 26.8 Å². The summed E-state index contributed by atoms with van der Waals surface area (Å²) in [6.45, 7) is 6.36. The molecule has 0 radical (unpaired) electrons. The van der Waals surface area contributed by atoms with Gasteiger partial charge in [-0.1, -0.05) is 0 Å². The molecule has 0 aliphatic carbocycles. The van der Waals surface area contributed by atoms with Crippen LogP contribution in [-0.4, -0.2) is 62.4 Å². The van der Waals surface area contributed by atoms with E-state index < -0.39 is 12.1 Å². The number of carboxylic acids is 1. The molecule has 0 spiro atoms. The molecular formula is C20H25F3N4O4. The summed E-state index contributed by atoms with van der Waals surface area (Å²) in [6, 6.07) is 6.47. The molecular weight excluding hydrogens is 417 g/mol. The molecule has 4 heterocycles. The van der Waals surface area contributed by atoms with Crippen molar-refractivity contribution in [2.24, 2.45) is 0 Å². The van der Waals surface area contributed by atoms with Crippen LogP contribution in [0.3, 0.4) is 0 Å². The number of amides is 1. The maximum absolute atomic E-state index is 11.8. The molecule has 8 nitrogen and oxygen atoms in total. The van der Waals surface area contributed by atoms with Crippen LogP contribution in [0.2, 0.25) is 0 Å². The van der Waals surface area contributed by atoms with Gasteiger partial charge < -0.3 is 14.4 Å². The van der Waals surface area contributed by atoms with E-state index in [9.17, 15) is 18.0 Å². The third-order valence-corrected chi connectivity index (χ3v) is 5.27. The number of carboxylic acid groups (broad SMARTS) is 1. The number of alkyl halides is 3. The van der Waals surface area contributed by atoms with Gasteiger partial charge in [-0.2, -0.15) is 18.3 Å². The molecule has 4 rings (SSSR count). The number of carbonyl (C=O) groups is 2. The topological polar surface area (TPSA) is 91.8 Å². The van der Waals surface area contributed by atoms with Crippen molar-refractivity contribution in [3.05, 3.63) is 41.6 Å². The number of nitrogens with zero attached hydrogens (tertiary/aromatic N) is 4. The van der Waals surface area contributed by atoms with Gasteiger partial charge in [-0.05, 0) is 38.0 Å². The van der Waals surface area contributed by atoms with Crippen molar-refractivity contribution in [3.63, 3.8) is 0 Å². The lowest BCUT2D eigenvalue weighted by atomic mass is 10.1. The lowest BCUT2D eigenvalue weighted by Gasteiger charge is -2.34. The molecule has 0 bridgehead atoms. The molecule has 11 heteroatoms. The standard InChI is InChI=1S/C18H24N4O2.C2HF3O2/c1-14-4-5-17(24-14)13-20-11-15-6-8-19-22(15)16(12-20)7-10-21-9-2-3-18(21)23;3-2(4,5)1(6)7/h4-6,8,16H,2-3,7,9-13H2,1H3;(H,6,7). The summed E-state index contributed by atoms with van der Waals surface area (Å²) in [4.78, 5) is 25.1. The Labute approximate surface area is 177 Å². The smallest absolute Gasteiger partial charge is 0.475 e. The van der Waals surface area contributed by atoms with Gasteiger partial charge in [0.2, 0.25) is 5.91 Å². The number of likely N-dealkylation sites (tertiary alicyclic amines) is 1. The molecule has 31 heavy (non-hydrogen) atoms. The van der Waals surface area contributed by atoms with Crippen LogP contribution in [0.15, 0.2) is 28.8 Å². The van der Waals surface area contributed by atoms with Gasteiger partial charge in [0.05, 0.1) is 18.3 Å². The van der Waals surface area contributed by atoms with E-state index in [4.69, 9.17) is 14.3 Å². The van der Waals surface area contributed by atoms with Crippen LogP contribution in [-0.2, 0) is 22.7 Å². The van der Waals surface area contributed by atoms with Crippen molar-refractivity contribution >= 4 is 11.9 Å². The molecule has 1 atom stereocenters. The Morgan fingerprint density at radius 3 is 2.65 bits per heavy atom. The first-order chi connectivity index (χ1) is 14.6. The molecule has 170 valence electrons. The summed E-state index contributed by atoms with van der Waals surface area (Å²) in [5.74, 6) is -0.494. The van der Waals surface area contributed by atoms with Crippen LogP contribution in [0.4, 0.5) is 13.2 Å². The van der Waals surface area contributed by atoms with E-state index in [1.165, 1.54) is 5.69 Å². The van der Waals surface area contributed by atoms with Crippen LogP contribution in [0.1, 0.15) is 42.5 Å². The number of furan rings is 1. The van der Waals surface area contributed by atoms with Gasteiger partial charge in [0, 0.05) is 38.8 Å². The molecule has 1 unspecified atom stereocenters. The lowest BCUT2D eigenvalue weighted by Crippen LogP contribution is -2.39. The second-order valence-corrected chi connectivity index (χ2v) is 7.68. The quantitative estimate of drug-likeness (QED) is 0.766. The van der Waals surface area contributed by atoms with Gasteiger partial charge in [-0.3, -0.25) is 14.4 Å². The second-order valence-electron chi connectivity index (χ2n) is 7.68. The van der Waals surface area contributed by atoms with Gasteiger partial charge in [-0.25, -0.2) is 4.79 Å². The van der Waals surface area contributed by atoms with Crippen molar-refractivity contribution in [2.75, 3.05) is 19.6 Å². The van der Waals surface area contributed by atoms with Crippen LogP contribution in [0, 0.1) is 6.92 Å². The molecule has 1 saturated heterocycles. The number of aliphatic carboxylic acids is 1. The third kappa shape index (κ3) is 6.09. The van der Waals surface area contributed by atoms with E-state index in [1.807, 2.05) is 24.1 Å². The fraction of sp³-hybridized carbons (Fsp3) is 0.550. The number of hydrogen-bond donors (Lipinski definition) is 1. The molecule has 1 amide bonds. The number of rotatable bonds is 5. The number of aryl methyl sites for hydroxylation is 1. The first-order valence-electron chi connectivity index (χ1n) is 10.0. The van der Waals surface area contributed by atoms with Gasteiger partial charge in [0.1, 0.15) is 11.5 Å². The van der Waals surface area contributed by atoms with E-state index in [0.717, 1.165) is 57.1 Å². The highest BCUT2D eigenvalue weighted by molar-refractivity contribution is 5.78. The first kappa shape index (κ1) is 22.9. The lowest BCUT2D eigenvalue weighted by molar-refractivity contribution is -0.192. The summed E-state index contributed by atoms with van der Waals surface area (Å²) < 4.78 is 39.6. The molecule has 1 N–H and O–H groups in total. The van der Waals surface area contributed by atoms with Gasteiger partial charge >= 0.3 is 12.1 Å². The first-order valence-corrected chi connectivity index (χ1v) is 10.0. The van der Waals surface area contributed by atoms with Crippen molar-refractivity contribution in [3.8, 4) is 0 Å². The van der Waals surface area contributed by atoms with Crippen LogP contribution < -0.4 is 0 Å². The summed E-state index contributed by atoms with van der Waals surface area (Å²) in [5.41, 5.74) is 1.24. The summed E-state index contributed by atoms with van der Waals surface area (Å²) >= 11 is 0. The second kappa shape index (κ2) is 9.54. The highest BCUT2D eigenvalue weighted by atomic mass is 19.4. The van der Waals surface area contributed by atoms with Gasteiger partial charge in [0.15, 0.2) is 0 Å². The zero-order valence-electron chi connectivity index (χ0n) is 17.1. The van der Waals surface area contributed by atoms with Crippen LogP contribution >= 0.6 is 0 Å². The minimum atomic E-state index is -5.08. The zero-order valence-corrected chi connectivity index (χ0v) is 17.1. The van der Waals surface area contributed by atoms with E-state index in [-0.39, 0.29) is 0 Å². The van der Waals surface area contributed by atoms with E-state index in [0.29, 0.717) is 18.4 Å². The fourth-order valence-electron chi connectivity index (χ4n) is 3.83. The molecule has 2 aliphatic rings. The largest absolute Gasteiger partial charge is 0.490 e. The van der Waals surface area contributed by atoms with Crippen molar-refractivity contribution in [2.45, 2.75) is 51.5 Å². The highest BCUT2D eigenvalue weighted by Gasteiger charge is 2.38. The van der Waals surface area contributed by atoms with E-state index in [1.54, 1.807) is 0 Å². The van der Waals surface area contributed by atoms with Crippen LogP contribution in [0.25, 0.3) is 0 Å². The van der Waals surface area contributed by atoms with Gasteiger partial charge in [0.25, 0.3) is 0 Å². The Hall–Kier alpha value is -2.82. The number of carbonyl (C=O) groups excluding carboxylic acids is 1. The SMILES string of the molecule is Cc1ccc(CN2Cc3ccnn3C(CCN3CCCC3=O)C2)o1.O=C(O)C(F)(F)F. The summed E-state index contributed by atoms with van der Waals surface area (Å²) in [5, 5.41) is 11.6. The molecule has 0 saturated carbocycles. The molecule has 0 aromatic carbocycles. The fourth-order valence-corrected chi connectivity index (χ4v) is 3.83. The Morgan fingerprint density at radius 1 is 1.32 bits per heavy atom. The van der Waals surface area contributed by atoms with E-state index >= 15 is 0 Å². The average Bonchev–Trinajstić information content (AvgIpc) is 3.41. The predicted molar refractivity (Wildman–Crippen MR) is 103 cm³/mol. The average molecular weight is 442 g/mol. The molecule has 1 fully saturated rings. The Balaban J connectivity index is 0.000000339. The maximum atomic E-state index is 11.8. The maximum Gasteiger partial charge on any atom is 0.490 e. The number of hydrogen-bond acceptors (Lipinski definition) is 5. The number of halogens is 3. The third-order valence-electron chi connectivity index (χ3n) is 5.27. The number of aromatic nitrogens is 2. The predicted octanol–water partition coefficient (Wildman–Crippen LogP) is 2.99. The van der Waals surface area contributed by atoms with Crippen LogP contribution in [0.5, 0.6) is 0 Å². The van der Waals surface area contributed by atoms with Crippen molar-refractivity contribution < 1.29 is 32.3 Å². The van der Waals surface area contributed by atoms with Crippen molar-refractivity contribution in [1.29, 1.82) is 0 Å².